The van der Waals surface area contributed by atoms with Crippen LogP contribution in [0.4, 0.5) is 5.82 Å². The van der Waals surface area contributed by atoms with Crippen molar-refractivity contribution in [2.24, 2.45) is 0 Å². The SMILES string of the molecule is O=S(=O)(NCc1ccnc(N2CCOCC2)c1)c1ccc(-c2ccccc2)cc1. The molecule has 29 heavy (non-hydrogen) atoms. The van der Waals surface area contributed by atoms with E-state index in [9.17, 15) is 8.42 Å². The fourth-order valence-corrected chi connectivity index (χ4v) is 4.27. The Balaban J connectivity index is 1.44. The van der Waals surface area contributed by atoms with E-state index in [0.717, 1.165) is 35.6 Å². The summed E-state index contributed by atoms with van der Waals surface area (Å²) in [6, 6.07) is 20.5. The standard InChI is InChI=1S/C22H23N3O3S/c26-29(27,21-8-6-20(7-9-21)19-4-2-1-3-5-19)24-17-18-10-11-23-22(16-18)25-12-14-28-15-13-25/h1-11,16,24H,12-15,17H2. The van der Waals surface area contributed by atoms with E-state index in [1.54, 1.807) is 18.3 Å². The van der Waals surface area contributed by atoms with Crippen LogP contribution in [-0.4, -0.2) is 39.7 Å². The number of nitrogens with one attached hydrogen (secondary N) is 1. The molecule has 7 heteroatoms. The van der Waals surface area contributed by atoms with Crippen LogP contribution in [0.15, 0.2) is 77.8 Å². The number of aromatic nitrogens is 1. The van der Waals surface area contributed by atoms with E-state index in [-0.39, 0.29) is 11.4 Å². The van der Waals surface area contributed by atoms with Crippen molar-refractivity contribution in [3.8, 4) is 11.1 Å². The highest BCUT2D eigenvalue weighted by atomic mass is 32.2. The second-order valence-electron chi connectivity index (χ2n) is 6.84. The van der Waals surface area contributed by atoms with Crippen molar-refractivity contribution < 1.29 is 13.2 Å². The maximum atomic E-state index is 12.7. The van der Waals surface area contributed by atoms with Crippen molar-refractivity contribution in [1.82, 2.24) is 9.71 Å². The molecule has 0 amide bonds. The molecule has 1 aliphatic rings. The Morgan fingerprint density at radius 1 is 0.931 bits per heavy atom. The van der Waals surface area contributed by atoms with Gasteiger partial charge in [-0.05, 0) is 41.0 Å². The topological polar surface area (TPSA) is 71.5 Å². The Morgan fingerprint density at radius 3 is 2.34 bits per heavy atom. The number of hydrogen-bond acceptors (Lipinski definition) is 5. The minimum atomic E-state index is -3.60. The minimum Gasteiger partial charge on any atom is -0.378 e. The summed E-state index contributed by atoms with van der Waals surface area (Å²) in [6.07, 6.45) is 1.71. The molecule has 1 aliphatic heterocycles. The van der Waals surface area contributed by atoms with Crippen LogP contribution in [0.25, 0.3) is 11.1 Å². The largest absolute Gasteiger partial charge is 0.378 e. The second-order valence-corrected chi connectivity index (χ2v) is 8.60. The predicted octanol–water partition coefficient (Wildman–Crippen LogP) is 3.06. The lowest BCUT2D eigenvalue weighted by atomic mass is 10.1. The van der Waals surface area contributed by atoms with Gasteiger partial charge in [-0.25, -0.2) is 18.1 Å². The number of pyridine rings is 1. The van der Waals surface area contributed by atoms with Gasteiger partial charge in [0.25, 0.3) is 0 Å². The molecule has 0 spiro atoms. The van der Waals surface area contributed by atoms with Gasteiger partial charge in [-0.1, -0.05) is 42.5 Å². The molecular formula is C22H23N3O3S. The Morgan fingerprint density at radius 2 is 1.62 bits per heavy atom. The number of benzene rings is 2. The highest BCUT2D eigenvalue weighted by molar-refractivity contribution is 7.89. The fourth-order valence-electron chi connectivity index (χ4n) is 3.25. The molecule has 0 unspecified atom stereocenters. The molecule has 0 saturated carbocycles. The van der Waals surface area contributed by atoms with Crippen molar-refractivity contribution in [2.75, 3.05) is 31.2 Å². The summed E-state index contributed by atoms with van der Waals surface area (Å²) in [7, 11) is -3.60. The number of ether oxygens (including phenoxy) is 1. The zero-order valence-corrected chi connectivity index (χ0v) is 16.8. The average molecular weight is 410 g/mol. The number of morpholine rings is 1. The van der Waals surface area contributed by atoms with E-state index in [2.05, 4.69) is 14.6 Å². The molecule has 1 fully saturated rings. The Labute approximate surface area is 171 Å². The van der Waals surface area contributed by atoms with Gasteiger partial charge in [0, 0.05) is 25.8 Å². The van der Waals surface area contributed by atoms with E-state index in [0.29, 0.717) is 13.2 Å². The molecule has 150 valence electrons. The maximum absolute atomic E-state index is 12.7. The van der Waals surface area contributed by atoms with Gasteiger partial charge in [0.1, 0.15) is 5.82 Å². The Hall–Kier alpha value is -2.74. The third-order valence-electron chi connectivity index (χ3n) is 4.88. The van der Waals surface area contributed by atoms with Crippen LogP contribution in [-0.2, 0) is 21.3 Å². The number of nitrogens with zero attached hydrogens (tertiary/aromatic N) is 2. The van der Waals surface area contributed by atoms with Crippen molar-refractivity contribution in [3.05, 3.63) is 78.5 Å². The molecule has 1 saturated heterocycles. The lowest BCUT2D eigenvalue weighted by molar-refractivity contribution is 0.122. The second kappa shape index (κ2) is 8.73. The molecule has 1 aromatic heterocycles. The zero-order valence-electron chi connectivity index (χ0n) is 16.0. The zero-order chi connectivity index (χ0) is 20.1. The molecule has 0 radical (unpaired) electrons. The number of hydrogen-bond donors (Lipinski definition) is 1. The number of rotatable bonds is 6. The van der Waals surface area contributed by atoms with Crippen LogP contribution in [0.2, 0.25) is 0 Å². The lowest BCUT2D eigenvalue weighted by Gasteiger charge is -2.28. The number of anilines is 1. The smallest absolute Gasteiger partial charge is 0.240 e. The van der Waals surface area contributed by atoms with Gasteiger partial charge in [-0.15, -0.1) is 0 Å². The fraction of sp³-hybridized carbons (Fsp3) is 0.227. The van der Waals surface area contributed by atoms with Gasteiger partial charge < -0.3 is 9.64 Å². The molecule has 6 nitrogen and oxygen atoms in total. The molecule has 2 heterocycles. The minimum absolute atomic E-state index is 0.211. The van der Waals surface area contributed by atoms with Crippen LogP contribution in [0.1, 0.15) is 5.56 Å². The van der Waals surface area contributed by atoms with Gasteiger partial charge in [0.15, 0.2) is 0 Å². The molecule has 0 bridgehead atoms. The molecule has 0 atom stereocenters. The van der Waals surface area contributed by atoms with E-state index in [4.69, 9.17) is 4.74 Å². The molecule has 2 aromatic carbocycles. The highest BCUT2D eigenvalue weighted by Crippen LogP contribution is 2.21. The molecule has 4 rings (SSSR count). The van der Waals surface area contributed by atoms with Gasteiger partial charge in [0.2, 0.25) is 10.0 Å². The van der Waals surface area contributed by atoms with Crippen LogP contribution in [0.3, 0.4) is 0 Å². The van der Waals surface area contributed by atoms with Crippen molar-refractivity contribution in [2.45, 2.75) is 11.4 Å². The lowest BCUT2D eigenvalue weighted by Crippen LogP contribution is -2.36. The first-order valence-corrected chi connectivity index (χ1v) is 11.0. The van der Waals surface area contributed by atoms with Crippen molar-refractivity contribution >= 4 is 15.8 Å². The quantitative estimate of drug-likeness (QED) is 0.678. The molecule has 3 aromatic rings. The summed E-state index contributed by atoms with van der Waals surface area (Å²) in [4.78, 5) is 6.79. The maximum Gasteiger partial charge on any atom is 0.240 e. The number of sulfonamides is 1. The predicted molar refractivity (Wildman–Crippen MR) is 113 cm³/mol. The van der Waals surface area contributed by atoms with E-state index in [1.165, 1.54) is 0 Å². The van der Waals surface area contributed by atoms with Gasteiger partial charge in [-0.2, -0.15) is 0 Å². The van der Waals surface area contributed by atoms with Crippen molar-refractivity contribution in [1.29, 1.82) is 0 Å². The normalized spacial score (nSPS) is 14.7. The van der Waals surface area contributed by atoms with Crippen LogP contribution in [0, 0.1) is 0 Å². The molecule has 0 aliphatic carbocycles. The monoisotopic (exact) mass is 409 g/mol. The van der Waals surface area contributed by atoms with Gasteiger partial charge >= 0.3 is 0 Å². The summed E-state index contributed by atoms with van der Waals surface area (Å²) in [5.74, 6) is 0.845. The third kappa shape index (κ3) is 4.82. The Bertz CT molecular complexity index is 1050. The average Bonchev–Trinajstić information content (AvgIpc) is 2.79. The summed E-state index contributed by atoms with van der Waals surface area (Å²) >= 11 is 0. The summed E-state index contributed by atoms with van der Waals surface area (Å²) < 4.78 is 33.4. The van der Waals surface area contributed by atoms with E-state index >= 15 is 0 Å². The third-order valence-corrected chi connectivity index (χ3v) is 6.30. The summed E-state index contributed by atoms with van der Waals surface area (Å²) in [5, 5.41) is 0. The van der Waals surface area contributed by atoms with Gasteiger partial charge in [-0.3, -0.25) is 0 Å². The first-order chi connectivity index (χ1) is 14.1. The Kier molecular flexibility index (Phi) is 5.89. The van der Waals surface area contributed by atoms with Crippen LogP contribution < -0.4 is 9.62 Å². The summed E-state index contributed by atoms with van der Waals surface area (Å²) in [5.41, 5.74) is 2.90. The first-order valence-electron chi connectivity index (χ1n) is 9.55. The van der Waals surface area contributed by atoms with Crippen LogP contribution in [0.5, 0.6) is 0 Å². The highest BCUT2D eigenvalue weighted by Gasteiger charge is 2.16. The van der Waals surface area contributed by atoms with Gasteiger partial charge in [0.05, 0.1) is 18.1 Å². The first kappa shape index (κ1) is 19.6. The summed E-state index contributed by atoms with van der Waals surface area (Å²) in [6.45, 7) is 3.14. The van der Waals surface area contributed by atoms with Crippen LogP contribution >= 0.6 is 0 Å². The van der Waals surface area contributed by atoms with E-state index < -0.39 is 10.0 Å². The van der Waals surface area contributed by atoms with E-state index in [1.807, 2.05) is 54.6 Å². The molecular weight excluding hydrogens is 386 g/mol. The molecule has 1 N–H and O–H groups in total. The van der Waals surface area contributed by atoms with Crippen molar-refractivity contribution in [3.63, 3.8) is 0 Å².